The molecule has 0 spiro atoms. The fraction of sp³-hybridized carbons (Fsp3) is 0.412. The van der Waals surface area contributed by atoms with E-state index >= 15 is 0 Å². The normalized spacial score (nSPS) is 25.7. The SMILES string of the molecule is NC(=O)c1coc2cc([C@H]3C[C@@H]4CCN(C4)C3)ccc12.NC=O. The highest BCUT2D eigenvalue weighted by atomic mass is 16.3. The number of nitrogens with two attached hydrogens (primary N) is 2. The van der Waals surface area contributed by atoms with Gasteiger partial charge >= 0.3 is 0 Å². The zero-order chi connectivity index (χ0) is 16.4. The molecule has 0 radical (unpaired) electrons. The molecule has 6 heteroatoms. The van der Waals surface area contributed by atoms with Gasteiger partial charge in [0.1, 0.15) is 11.8 Å². The molecule has 2 fully saturated rings. The molecule has 4 rings (SSSR count). The molecule has 2 saturated heterocycles. The molecular weight excluding hydrogens is 294 g/mol. The van der Waals surface area contributed by atoms with Gasteiger partial charge in [0, 0.05) is 18.5 Å². The maximum absolute atomic E-state index is 11.3. The first-order valence-corrected chi connectivity index (χ1v) is 7.81. The van der Waals surface area contributed by atoms with E-state index in [4.69, 9.17) is 14.9 Å². The van der Waals surface area contributed by atoms with E-state index in [1.165, 1.54) is 37.8 Å². The third kappa shape index (κ3) is 3.07. The van der Waals surface area contributed by atoms with Crippen LogP contribution in [0.25, 0.3) is 11.0 Å². The van der Waals surface area contributed by atoms with Gasteiger partial charge in [-0.05, 0) is 42.9 Å². The first-order chi connectivity index (χ1) is 11.1. The first-order valence-electron chi connectivity index (χ1n) is 7.81. The van der Waals surface area contributed by atoms with Gasteiger partial charge in [0.25, 0.3) is 5.91 Å². The predicted octanol–water partition coefficient (Wildman–Crippen LogP) is 1.44. The smallest absolute Gasteiger partial charge is 0.252 e. The maximum Gasteiger partial charge on any atom is 0.252 e. The van der Waals surface area contributed by atoms with E-state index in [9.17, 15) is 4.79 Å². The largest absolute Gasteiger partial charge is 0.463 e. The Labute approximate surface area is 134 Å². The van der Waals surface area contributed by atoms with Crippen molar-refractivity contribution in [2.75, 3.05) is 19.6 Å². The van der Waals surface area contributed by atoms with Crippen LogP contribution in [0.15, 0.2) is 28.9 Å². The molecule has 2 aromatic rings. The summed E-state index contributed by atoms with van der Waals surface area (Å²) in [5.74, 6) is 1.00. The minimum absolute atomic E-state index is 0.250. The molecule has 0 saturated carbocycles. The Morgan fingerprint density at radius 3 is 2.83 bits per heavy atom. The minimum Gasteiger partial charge on any atom is -0.463 e. The van der Waals surface area contributed by atoms with Crippen LogP contribution in [-0.4, -0.2) is 36.9 Å². The average Bonchev–Trinajstić information content (AvgIpc) is 3.10. The third-order valence-corrected chi connectivity index (χ3v) is 4.80. The van der Waals surface area contributed by atoms with Gasteiger partial charge < -0.3 is 20.8 Å². The van der Waals surface area contributed by atoms with E-state index < -0.39 is 5.91 Å². The molecule has 4 N–H and O–H groups in total. The summed E-state index contributed by atoms with van der Waals surface area (Å²) in [6.45, 7) is 3.66. The number of hydrogen-bond donors (Lipinski definition) is 2. The highest BCUT2D eigenvalue weighted by Gasteiger charge is 2.33. The topological polar surface area (TPSA) is 103 Å². The number of piperidine rings is 1. The lowest BCUT2D eigenvalue weighted by Crippen LogP contribution is -2.31. The summed E-state index contributed by atoms with van der Waals surface area (Å²) in [5, 5.41) is 0.820. The second kappa shape index (κ2) is 6.42. The van der Waals surface area contributed by atoms with E-state index in [0.29, 0.717) is 11.5 Å². The summed E-state index contributed by atoms with van der Waals surface area (Å²) >= 11 is 0. The Morgan fingerprint density at radius 1 is 1.35 bits per heavy atom. The monoisotopic (exact) mass is 315 g/mol. The summed E-state index contributed by atoms with van der Waals surface area (Å²) in [7, 11) is 0. The van der Waals surface area contributed by atoms with Gasteiger partial charge in [-0.1, -0.05) is 12.1 Å². The maximum atomic E-state index is 11.3. The van der Waals surface area contributed by atoms with Crippen molar-refractivity contribution < 1.29 is 14.0 Å². The van der Waals surface area contributed by atoms with Crippen LogP contribution in [0, 0.1) is 5.92 Å². The van der Waals surface area contributed by atoms with Crippen molar-refractivity contribution >= 4 is 23.3 Å². The highest BCUT2D eigenvalue weighted by molar-refractivity contribution is 6.05. The molecule has 2 aliphatic rings. The standard InChI is InChI=1S/C16H18N2O2.CH3NO/c17-16(19)14-9-20-15-6-11(1-2-13(14)15)12-5-10-3-4-18(7-10)8-12;2-1-3/h1-2,6,9-10,12H,3-5,7-8H2,(H2,17,19);1H,(H2,2,3)/t10-,12-;/m0./s1. The Balaban J connectivity index is 0.000000485. The van der Waals surface area contributed by atoms with Crippen LogP contribution in [0.4, 0.5) is 0 Å². The van der Waals surface area contributed by atoms with E-state index in [1.54, 1.807) is 0 Å². The number of carbonyl (C=O) groups excluding carboxylic acids is 2. The molecule has 0 aliphatic carbocycles. The van der Waals surface area contributed by atoms with Gasteiger partial charge in [-0.3, -0.25) is 9.59 Å². The second-order valence-electron chi connectivity index (χ2n) is 6.25. The van der Waals surface area contributed by atoms with Gasteiger partial charge in [-0.2, -0.15) is 0 Å². The van der Waals surface area contributed by atoms with Crippen molar-refractivity contribution in [2.24, 2.45) is 17.4 Å². The number of amides is 2. The Kier molecular flexibility index (Phi) is 4.34. The van der Waals surface area contributed by atoms with Crippen molar-refractivity contribution in [1.29, 1.82) is 0 Å². The van der Waals surface area contributed by atoms with Crippen molar-refractivity contribution in [3.63, 3.8) is 0 Å². The average molecular weight is 315 g/mol. The third-order valence-electron chi connectivity index (χ3n) is 4.80. The summed E-state index contributed by atoms with van der Waals surface area (Å²) in [4.78, 5) is 22.5. The number of primary amides is 2. The van der Waals surface area contributed by atoms with E-state index in [-0.39, 0.29) is 6.41 Å². The van der Waals surface area contributed by atoms with Crippen molar-refractivity contribution in [2.45, 2.75) is 18.8 Å². The van der Waals surface area contributed by atoms with E-state index in [2.05, 4.69) is 22.8 Å². The Bertz CT molecular complexity index is 713. The van der Waals surface area contributed by atoms with Crippen molar-refractivity contribution in [1.82, 2.24) is 4.90 Å². The lowest BCUT2D eigenvalue weighted by Gasteiger charge is -2.30. The number of hydrogen-bond acceptors (Lipinski definition) is 4. The molecule has 2 aliphatic heterocycles. The first kappa shape index (κ1) is 15.6. The van der Waals surface area contributed by atoms with Crippen molar-refractivity contribution in [3.8, 4) is 0 Å². The van der Waals surface area contributed by atoms with E-state index in [0.717, 1.165) is 23.4 Å². The lowest BCUT2D eigenvalue weighted by atomic mass is 9.86. The van der Waals surface area contributed by atoms with Crippen molar-refractivity contribution in [3.05, 3.63) is 35.6 Å². The zero-order valence-corrected chi connectivity index (χ0v) is 12.9. The zero-order valence-electron chi connectivity index (χ0n) is 12.9. The highest BCUT2D eigenvalue weighted by Crippen LogP contribution is 2.37. The molecule has 3 atom stereocenters. The molecule has 1 aromatic carbocycles. The number of carbonyl (C=O) groups is 2. The number of nitrogens with zero attached hydrogens (tertiary/aromatic N) is 1. The fourth-order valence-electron chi connectivity index (χ4n) is 3.79. The molecule has 1 aromatic heterocycles. The van der Waals surface area contributed by atoms with Crippen LogP contribution in [-0.2, 0) is 4.79 Å². The number of rotatable bonds is 2. The van der Waals surface area contributed by atoms with Gasteiger partial charge in [-0.15, -0.1) is 0 Å². The van der Waals surface area contributed by atoms with Crippen LogP contribution < -0.4 is 11.5 Å². The van der Waals surface area contributed by atoms with Crippen LogP contribution in [0.1, 0.15) is 34.7 Å². The Morgan fingerprint density at radius 2 is 2.13 bits per heavy atom. The van der Waals surface area contributed by atoms with E-state index in [1.807, 2.05) is 6.07 Å². The number of benzene rings is 1. The summed E-state index contributed by atoms with van der Waals surface area (Å²) in [6.07, 6.45) is 4.32. The molecule has 6 nitrogen and oxygen atoms in total. The minimum atomic E-state index is -0.432. The molecule has 122 valence electrons. The molecule has 3 heterocycles. The van der Waals surface area contributed by atoms with Gasteiger partial charge in [0.2, 0.25) is 6.41 Å². The molecule has 2 bridgehead atoms. The molecular formula is C17H21N3O3. The quantitative estimate of drug-likeness (QED) is 0.818. The Hall–Kier alpha value is -2.34. The summed E-state index contributed by atoms with van der Waals surface area (Å²) < 4.78 is 5.50. The van der Waals surface area contributed by atoms with Crippen LogP contribution in [0.5, 0.6) is 0 Å². The predicted molar refractivity (Wildman–Crippen MR) is 86.9 cm³/mol. The molecule has 1 unspecified atom stereocenters. The number of fused-ring (bicyclic) bond motifs is 3. The molecule has 2 amide bonds. The van der Waals surface area contributed by atoms with Crippen LogP contribution >= 0.6 is 0 Å². The van der Waals surface area contributed by atoms with Crippen LogP contribution in [0.3, 0.4) is 0 Å². The number of furan rings is 1. The molecule has 23 heavy (non-hydrogen) atoms. The second-order valence-corrected chi connectivity index (χ2v) is 6.25. The fourth-order valence-corrected chi connectivity index (χ4v) is 3.79. The van der Waals surface area contributed by atoms with Crippen LogP contribution in [0.2, 0.25) is 0 Å². The summed E-state index contributed by atoms with van der Waals surface area (Å²) in [6, 6.07) is 6.18. The van der Waals surface area contributed by atoms with Gasteiger partial charge in [0.05, 0.1) is 5.56 Å². The van der Waals surface area contributed by atoms with Gasteiger partial charge in [0.15, 0.2) is 0 Å². The lowest BCUT2D eigenvalue weighted by molar-refractivity contribution is -0.106. The summed E-state index contributed by atoms with van der Waals surface area (Å²) in [5.41, 5.74) is 12.1. The van der Waals surface area contributed by atoms with Gasteiger partial charge in [-0.25, -0.2) is 0 Å².